The lowest BCUT2D eigenvalue weighted by molar-refractivity contribution is -0.0282. The van der Waals surface area contributed by atoms with Gasteiger partial charge in [0, 0.05) is 30.1 Å². The van der Waals surface area contributed by atoms with Crippen LogP contribution in [0.3, 0.4) is 0 Å². The summed E-state index contributed by atoms with van der Waals surface area (Å²) in [5.41, 5.74) is 2.34. The van der Waals surface area contributed by atoms with Crippen LogP contribution in [0.1, 0.15) is 43.9 Å². The molecule has 1 aliphatic rings. The van der Waals surface area contributed by atoms with Crippen LogP contribution >= 0.6 is 11.6 Å². The Kier molecular flexibility index (Phi) is 5.26. The minimum absolute atomic E-state index is 0.179. The molecule has 0 aliphatic carbocycles. The quantitative estimate of drug-likeness (QED) is 0.897. The van der Waals surface area contributed by atoms with Crippen molar-refractivity contribution in [3.63, 3.8) is 0 Å². The Hall–Kier alpha value is -0.570. The molecule has 0 bridgehead atoms. The number of rotatable bonds is 4. The van der Waals surface area contributed by atoms with E-state index in [-0.39, 0.29) is 6.10 Å². The highest BCUT2D eigenvalue weighted by Gasteiger charge is 2.27. The van der Waals surface area contributed by atoms with E-state index in [1.54, 1.807) is 0 Å². The number of hydrogen-bond donors (Lipinski definition) is 1. The fourth-order valence-corrected chi connectivity index (χ4v) is 2.78. The maximum Gasteiger partial charge on any atom is 0.0865 e. The average molecular weight is 282 g/mol. The zero-order valence-electron chi connectivity index (χ0n) is 12.1. The van der Waals surface area contributed by atoms with Crippen molar-refractivity contribution >= 4 is 11.6 Å². The van der Waals surface area contributed by atoms with Crippen molar-refractivity contribution < 1.29 is 4.74 Å². The van der Waals surface area contributed by atoms with Crippen molar-refractivity contribution in [1.29, 1.82) is 0 Å². The molecule has 2 atom stereocenters. The van der Waals surface area contributed by atoms with Crippen LogP contribution in [0.15, 0.2) is 18.2 Å². The molecular weight excluding hydrogens is 258 g/mol. The summed E-state index contributed by atoms with van der Waals surface area (Å²) in [4.78, 5) is 0. The molecule has 1 aliphatic heterocycles. The van der Waals surface area contributed by atoms with Crippen LogP contribution in [0, 0.1) is 12.8 Å². The van der Waals surface area contributed by atoms with E-state index < -0.39 is 0 Å². The predicted octanol–water partition coefficient (Wildman–Crippen LogP) is 4.11. The van der Waals surface area contributed by atoms with Crippen LogP contribution < -0.4 is 5.32 Å². The van der Waals surface area contributed by atoms with Crippen LogP contribution in [-0.2, 0) is 4.74 Å². The molecule has 0 spiro atoms. The highest BCUT2D eigenvalue weighted by molar-refractivity contribution is 6.31. The molecule has 3 heteroatoms. The van der Waals surface area contributed by atoms with Gasteiger partial charge in [-0.1, -0.05) is 37.6 Å². The van der Waals surface area contributed by atoms with Gasteiger partial charge in [0.1, 0.15) is 0 Å². The lowest BCUT2D eigenvalue weighted by atomic mass is 9.89. The maximum atomic E-state index is 6.24. The van der Waals surface area contributed by atoms with Crippen LogP contribution in [0.5, 0.6) is 0 Å². The van der Waals surface area contributed by atoms with Gasteiger partial charge in [-0.3, -0.25) is 0 Å². The van der Waals surface area contributed by atoms with Gasteiger partial charge in [0.15, 0.2) is 0 Å². The van der Waals surface area contributed by atoms with Gasteiger partial charge in [-0.05, 0) is 37.0 Å². The van der Waals surface area contributed by atoms with E-state index in [1.165, 1.54) is 12.0 Å². The summed E-state index contributed by atoms with van der Waals surface area (Å²) in [5, 5.41) is 4.36. The monoisotopic (exact) mass is 281 g/mol. The van der Waals surface area contributed by atoms with Crippen molar-refractivity contribution in [3.8, 4) is 0 Å². The van der Waals surface area contributed by atoms with Crippen LogP contribution in [0.2, 0.25) is 5.02 Å². The van der Waals surface area contributed by atoms with E-state index in [1.807, 2.05) is 6.92 Å². The second kappa shape index (κ2) is 6.74. The standard InChI is InChI=1S/C16H24ClNO/c1-11(2)18-10-14-5-4-8-19-16(14)13-7-6-12(3)15(17)9-13/h6-7,9,11,14,16,18H,4-5,8,10H2,1-3H3. The van der Waals surface area contributed by atoms with E-state index in [0.29, 0.717) is 12.0 Å². The smallest absolute Gasteiger partial charge is 0.0865 e. The van der Waals surface area contributed by atoms with E-state index in [4.69, 9.17) is 16.3 Å². The molecule has 0 amide bonds. The second-order valence-electron chi connectivity index (χ2n) is 5.77. The van der Waals surface area contributed by atoms with E-state index in [9.17, 15) is 0 Å². The highest BCUT2D eigenvalue weighted by Crippen LogP contribution is 2.34. The van der Waals surface area contributed by atoms with Crippen LogP contribution in [-0.4, -0.2) is 19.2 Å². The minimum atomic E-state index is 0.179. The highest BCUT2D eigenvalue weighted by atomic mass is 35.5. The van der Waals surface area contributed by atoms with Gasteiger partial charge in [0.2, 0.25) is 0 Å². The van der Waals surface area contributed by atoms with Gasteiger partial charge in [-0.25, -0.2) is 0 Å². The largest absolute Gasteiger partial charge is 0.373 e. The number of hydrogen-bond acceptors (Lipinski definition) is 2. The first-order valence-corrected chi connectivity index (χ1v) is 7.56. The Morgan fingerprint density at radius 2 is 2.21 bits per heavy atom. The normalized spacial score (nSPS) is 23.8. The van der Waals surface area contributed by atoms with Crippen molar-refractivity contribution in [1.82, 2.24) is 5.32 Å². The Morgan fingerprint density at radius 3 is 2.89 bits per heavy atom. The van der Waals surface area contributed by atoms with Gasteiger partial charge in [0.25, 0.3) is 0 Å². The number of benzene rings is 1. The molecule has 0 aromatic heterocycles. The zero-order chi connectivity index (χ0) is 13.8. The third-order valence-corrected chi connectivity index (χ3v) is 4.16. The fraction of sp³-hybridized carbons (Fsp3) is 0.625. The third kappa shape index (κ3) is 3.95. The lowest BCUT2D eigenvalue weighted by Gasteiger charge is -2.33. The van der Waals surface area contributed by atoms with Gasteiger partial charge in [-0.2, -0.15) is 0 Å². The zero-order valence-corrected chi connectivity index (χ0v) is 12.8. The van der Waals surface area contributed by atoms with Gasteiger partial charge < -0.3 is 10.1 Å². The summed E-state index contributed by atoms with van der Waals surface area (Å²) in [7, 11) is 0. The Labute approximate surface area is 121 Å². The molecule has 2 rings (SSSR count). The van der Waals surface area contributed by atoms with Crippen molar-refractivity contribution in [2.45, 2.75) is 45.8 Å². The second-order valence-corrected chi connectivity index (χ2v) is 6.17. The van der Waals surface area contributed by atoms with Crippen molar-refractivity contribution in [2.75, 3.05) is 13.2 Å². The molecule has 0 saturated carbocycles. The summed E-state index contributed by atoms with van der Waals surface area (Å²) < 4.78 is 6.01. The van der Waals surface area contributed by atoms with Crippen LogP contribution in [0.25, 0.3) is 0 Å². The summed E-state index contributed by atoms with van der Waals surface area (Å²) in [6.07, 6.45) is 2.55. The van der Waals surface area contributed by atoms with Gasteiger partial charge in [0.05, 0.1) is 6.10 Å². The predicted molar refractivity (Wildman–Crippen MR) is 80.7 cm³/mol. The number of nitrogens with one attached hydrogen (secondary N) is 1. The molecule has 19 heavy (non-hydrogen) atoms. The number of halogens is 1. The maximum absolute atomic E-state index is 6.24. The molecule has 1 saturated heterocycles. The van der Waals surface area contributed by atoms with Crippen molar-refractivity contribution in [2.24, 2.45) is 5.92 Å². The lowest BCUT2D eigenvalue weighted by Crippen LogP contribution is -2.35. The molecule has 1 N–H and O–H groups in total. The van der Waals surface area contributed by atoms with Gasteiger partial charge >= 0.3 is 0 Å². The molecule has 1 aromatic carbocycles. The molecule has 0 radical (unpaired) electrons. The summed E-state index contributed by atoms with van der Waals surface area (Å²) >= 11 is 6.24. The molecular formula is C16H24ClNO. The van der Waals surface area contributed by atoms with E-state index in [0.717, 1.165) is 30.2 Å². The van der Waals surface area contributed by atoms with Crippen molar-refractivity contribution in [3.05, 3.63) is 34.3 Å². The van der Waals surface area contributed by atoms with Gasteiger partial charge in [-0.15, -0.1) is 0 Å². The fourth-order valence-electron chi connectivity index (χ4n) is 2.59. The topological polar surface area (TPSA) is 21.3 Å². The Morgan fingerprint density at radius 1 is 1.42 bits per heavy atom. The first kappa shape index (κ1) is 14.8. The molecule has 1 fully saturated rings. The van der Waals surface area contributed by atoms with E-state index in [2.05, 4.69) is 37.4 Å². The molecule has 1 heterocycles. The van der Waals surface area contributed by atoms with E-state index >= 15 is 0 Å². The SMILES string of the molecule is Cc1ccc(C2OCCCC2CNC(C)C)cc1Cl. The first-order chi connectivity index (χ1) is 9.08. The number of ether oxygens (including phenoxy) is 1. The first-order valence-electron chi connectivity index (χ1n) is 7.19. The summed E-state index contributed by atoms with van der Waals surface area (Å²) in [6, 6.07) is 6.82. The third-order valence-electron chi connectivity index (χ3n) is 3.76. The molecule has 106 valence electrons. The molecule has 2 unspecified atom stereocenters. The number of aryl methyl sites for hydroxylation is 1. The summed E-state index contributed by atoms with van der Waals surface area (Å²) in [5.74, 6) is 0.537. The minimum Gasteiger partial charge on any atom is -0.373 e. The molecule has 2 nitrogen and oxygen atoms in total. The average Bonchev–Trinajstić information content (AvgIpc) is 2.40. The molecule has 1 aromatic rings. The Bertz CT molecular complexity index is 419. The van der Waals surface area contributed by atoms with Crippen LogP contribution in [0.4, 0.5) is 0 Å². The Balaban J connectivity index is 2.11. The summed E-state index contributed by atoms with van der Waals surface area (Å²) in [6.45, 7) is 8.26.